The average Bonchev–Trinajstić information content (AvgIpc) is 2.86. The Morgan fingerprint density at radius 3 is 2.85 bits per heavy atom. The van der Waals surface area contributed by atoms with Crippen LogP contribution in [-0.4, -0.2) is 39.1 Å². The molecule has 0 N–H and O–H groups in total. The van der Waals surface area contributed by atoms with Gasteiger partial charge < -0.3 is 9.47 Å². The Hall–Kier alpha value is -1.13. The molecule has 1 saturated heterocycles. The monoisotopic (exact) mass is 292 g/mol. The molecule has 2 aromatic heterocycles. The summed E-state index contributed by atoms with van der Waals surface area (Å²) in [6, 6.07) is 2.04. The summed E-state index contributed by atoms with van der Waals surface area (Å²) in [6.45, 7) is 6.86. The Labute approximate surface area is 124 Å². The second kappa shape index (κ2) is 6.10. The van der Waals surface area contributed by atoms with Crippen molar-refractivity contribution in [3.63, 3.8) is 0 Å². The minimum atomic E-state index is 0.461. The van der Waals surface area contributed by atoms with E-state index >= 15 is 0 Å². The van der Waals surface area contributed by atoms with Crippen LogP contribution in [0.5, 0.6) is 0 Å². The van der Waals surface area contributed by atoms with Crippen molar-refractivity contribution in [2.75, 3.05) is 19.6 Å². The van der Waals surface area contributed by atoms with E-state index in [4.69, 9.17) is 11.6 Å². The average molecular weight is 293 g/mol. The maximum Gasteiger partial charge on any atom is 0.124 e. The van der Waals surface area contributed by atoms with Crippen molar-refractivity contribution >= 4 is 22.6 Å². The van der Waals surface area contributed by atoms with Crippen molar-refractivity contribution < 1.29 is 0 Å². The summed E-state index contributed by atoms with van der Waals surface area (Å²) in [4.78, 5) is 11.3. The van der Waals surface area contributed by atoms with E-state index in [-0.39, 0.29) is 0 Å². The normalized spacial score (nSPS) is 17.9. The van der Waals surface area contributed by atoms with Crippen molar-refractivity contribution in [2.45, 2.75) is 32.2 Å². The number of rotatable bonds is 4. The fourth-order valence-electron chi connectivity index (χ4n) is 3.08. The van der Waals surface area contributed by atoms with E-state index in [1.54, 1.807) is 0 Å². The summed E-state index contributed by atoms with van der Waals surface area (Å²) >= 11 is 6.05. The first-order valence-corrected chi connectivity index (χ1v) is 7.92. The van der Waals surface area contributed by atoms with E-state index in [2.05, 4.69) is 26.4 Å². The van der Waals surface area contributed by atoms with Crippen LogP contribution in [0.1, 0.15) is 25.6 Å². The maximum atomic E-state index is 6.05. The van der Waals surface area contributed by atoms with Gasteiger partial charge in [-0.15, -0.1) is 11.6 Å². The van der Waals surface area contributed by atoms with Gasteiger partial charge in [-0.25, -0.2) is 4.98 Å². The van der Waals surface area contributed by atoms with Crippen LogP contribution in [0.4, 0.5) is 0 Å². The highest BCUT2D eigenvalue weighted by atomic mass is 35.5. The SMILES string of the molecule is CCN1CCC(Cn2c(CCl)nc3cnccc32)CC1. The molecule has 0 radical (unpaired) electrons. The fourth-order valence-corrected chi connectivity index (χ4v) is 3.28. The van der Waals surface area contributed by atoms with Crippen LogP contribution in [0, 0.1) is 5.92 Å². The second-order valence-electron chi connectivity index (χ2n) is 5.51. The molecule has 1 aliphatic rings. The summed E-state index contributed by atoms with van der Waals surface area (Å²) in [5, 5.41) is 0. The molecule has 1 fully saturated rings. The lowest BCUT2D eigenvalue weighted by Crippen LogP contribution is -2.34. The number of halogens is 1. The minimum Gasteiger partial charge on any atom is -0.327 e. The van der Waals surface area contributed by atoms with Crippen molar-refractivity contribution in [2.24, 2.45) is 5.92 Å². The Bertz CT molecular complexity index is 572. The second-order valence-corrected chi connectivity index (χ2v) is 5.78. The molecule has 3 heterocycles. The van der Waals surface area contributed by atoms with Crippen LogP contribution in [0.15, 0.2) is 18.5 Å². The van der Waals surface area contributed by atoms with E-state index < -0.39 is 0 Å². The molecule has 0 aliphatic carbocycles. The number of imidazole rings is 1. The van der Waals surface area contributed by atoms with Crippen LogP contribution >= 0.6 is 11.6 Å². The maximum absolute atomic E-state index is 6.05. The van der Waals surface area contributed by atoms with Crippen molar-refractivity contribution in [1.29, 1.82) is 0 Å². The molecule has 1 aliphatic heterocycles. The van der Waals surface area contributed by atoms with Gasteiger partial charge in [0.05, 0.1) is 17.6 Å². The Balaban J connectivity index is 1.80. The van der Waals surface area contributed by atoms with E-state index in [0.29, 0.717) is 5.88 Å². The number of nitrogens with zero attached hydrogens (tertiary/aromatic N) is 4. The Morgan fingerprint density at radius 1 is 1.35 bits per heavy atom. The molecule has 2 aromatic rings. The van der Waals surface area contributed by atoms with Crippen molar-refractivity contribution in [3.8, 4) is 0 Å². The smallest absolute Gasteiger partial charge is 0.124 e. The molecule has 0 bridgehead atoms. The van der Waals surface area contributed by atoms with Gasteiger partial charge in [0.25, 0.3) is 0 Å². The third-order valence-corrected chi connectivity index (χ3v) is 4.58. The molecule has 0 saturated carbocycles. The van der Waals surface area contributed by atoms with E-state index in [1.165, 1.54) is 32.5 Å². The number of piperidine rings is 1. The number of pyridine rings is 1. The summed E-state index contributed by atoms with van der Waals surface area (Å²) in [5.74, 6) is 2.15. The third-order valence-electron chi connectivity index (χ3n) is 4.34. The molecule has 3 rings (SSSR count). The topological polar surface area (TPSA) is 34.0 Å². The summed E-state index contributed by atoms with van der Waals surface area (Å²) in [6.07, 6.45) is 6.18. The number of hydrogen-bond acceptors (Lipinski definition) is 3. The Kier molecular flexibility index (Phi) is 4.22. The zero-order chi connectivity index (χ0) is 13.9. The van der Waals surface area contributed by atoms with Gasteiger partial charge in [-0.2, -0.15) is 0 Å². The molecule has 108 valence electrons. The van der Waals surface area contributed by atoms with E-state index in [0.717, 1.165) is 29.3 Å². The minimum absolute atomic E-state index is 0.461. The van der Waals surface area contributed by atoms with Gasteiger partial charge in [-0.3, -0.25) is 4.98 Å². The molecule has 0 unspecified atom stereocenters. The van der Waals surface area contributed by atoms with E-state index in [9.17, 15) is 0 Å². The number of alkyl halides is 1. The highest BCUT2D eigenvalue weighted by molar-refractivity contribution is 6.16. The van der Waals surface area contributed by atoms with E-state index in [1.807, 2.05) is 18.5 Å². The lowest BCUT2D eigenvalue weighted by Gasteiger charge is -2.31. The highest BCUT2D eigenvalue weighted by Crippen LogP contribution is 2.23. The van der Waals surface area contributed by atoms with Gasteiger partial charge in [0.15, 0.2) is 0 Å². The number of aromatic nitrogens is 3. The summed E-state index contributed by atoms with van der Waals surface area (Å²) < 4.78 is 2.29. The van der Waals surface area contributed by atoms with Crippen LogP contribution in [0.3, 0.4) is 0 Å². The first-order chi connectivity index (χ1) is 9.81. The van der Waals surface area contributed by atoms with Gasteiger partial charge in [0.2, 0.25) is 0 Å². The molecular formula is C15H21ClN4. The molecule has 5 heteroatoms. The van der Waals surface area contributed by atoms with Crippen molar-refractivity contribution in [1.82, 2.24) is 19.4 Å². The van der Waals surface area contributed by atoms with Gasteiger partial charge in [-0.05, 0) is 44.5 Å². The summed E-state index contributed by atoms with van der Waals surface area (Å²) in [5.41, 5.74) is 2.11. The third kappa shape index (κ3) is 2.67. The van der Waals surface area contributed by atoms with Gasteiger partial charge >= 0.3 is 0 Å². The quantitative estimate of drug-likeness (QED) is 0.813. The zero-order valence-electron chi connectivity index (χ0n) is 11.9. The molecule has 0 aromatic carbocycles. The first-order valence-electron chi connectivity index (χ1n) is 7.39. The molecule has 0 amide bonds. The standard InChI is InChI=1S/C15H21ClN4/c1-2-19-7-4-12(5-8-19)11-20-14-3-6-17-10-13(14)18-15(20)9-16/h3,6,10,12H,2,4-5,7-9,11H2,1H3. The first kappa shape index (κ1) is 13.8. The largest absolute Gasteiger partial charge is 0.327 e. The molecular weight excluding hydrogens is 272 g/mol. The molecule has 0 atom stereocenters. The van der Waals surface area contributed by atoms with Crippen LogP contribution in [0.25, 0.3) is 11.0 Å². The zero-order valence-corrected chi connectivity index (χ0v) is 12.7. The Morgan fingerprint density at radius 2 is 2.15 bits per heavy atom. The van der Waals surface area contributed by atoms with Crippen LogP contribution < -0.4 is 0 Å². The lowest BCUT2D eigenvalue weighted by atomic mass is 9.96. The van der Waals surface area contributed by atoms with Crippen LogP contribution in [0.2, 0.25) is 0 Å². The van der Waals surface area contributed by atoms with Gasteiger partial charge in [-0.1, -0.05) is 6.92 Å². The van der Waals surface area contributed by atoms with Crippen LogP contribution in [-0.2, 0) is 12.4 Å². The van der Waals surface area contributed by atoms with Crippen molar-refractivity contribution in [3.05, 3.63) is 24.3 Å². The predicted octanol–water partition coefficient (Wildman–Crippen LogP) is 2.90. The predicted molar refractivity (Wildman–Crippen MR) is 81.9 cm³/mol. The number of hydrogen-bond donors (Lipinski definition) is 0. The molecule has 20 heavy (non-hydrogen) atoms. The van der Waals surface area contributed by atoms with Gasteiger partial charge in [0, 0.05) is 12.7 Å². The highest BCUT2D eigenvalue weighted by Gasteiger charge is 2.20. The summed E-state index contributed by atoms with van der Waals surface area (Å²) in [7, 11) is 0. The number of likely N-dealkylation sites (tertiary alicyclic amines) is 1. The molecule has 4 nitrogen and oxygen atoms in total. The van der Waals surface area contributed by atoms with Gasteiger partial charge in [0.1, 0.15) is 11.3 Å². The lowest BCUT2D eigenvalue weighted by molar-refractivity contribution is 0.181. The fraction of sp³-hybridized carbons (Fsp3) is 0.600. The number of fused-ring (bicyclic) bond motifs is 1. The molecule has 0 spiro atoms.